The lowest BCUT2D eigenvalue weighted by molar-refractivity contribution is 0.190. The first-order valence-electron chi connectivity index (χ1n) is 5.72. The molecule has 1 aromatic carbocycles. The molecular formula is C14H15ClO2S. The van der Waals surface area contributed by atoms with Crippen LogP contribution in [0, 0.1) is 6.92 Å². The highest BCUT2D eigenvalue weighted by molar-refractivity contribution is 7.16. The van der Waals surface area contributed by atoms with Gasteiger partial charge in [0, 0.05) is 10.4 Å². The van der Waals surface area contributed by atoms with E-state index in [1.807, 2.05) is 37.3 Å². The monoisotopic (exact) mass is 282 g/mol. The van der Waals surface area contributed by atoms with Crippen LogP contribution in [-0.2, 0) is 6.61 Å². The van der Waals surface area contributed by atoms with Crippen molar-refractivity contribution >= 4 is 22.9 Å². The number of ether oxygens (including phenoxy) is 1. The van der Waals surface area contributed by atoms with Crippen molar-refractivity contribution in [1.29, 1.82) is 0 Å². The van der Waals surface area contributed by atoms with Crippen LogP contribution >= 0.6 is 22.9 Å². The van der Waals surface area contributed by atoms with Crippen LogP contribution in [0.5, 0.6) is 5.75 Å². The van der Waals surface area contributed by atoms with Crippen LogP contribution in [-0.4, -0.2) is 5.11 Å². The maximum Gasteiger partial charge on any atom is 0.125 e. The van der Waals surface area contributed by atoms with Crippen LogP contribution in [0.4, 0.5) is 0 Å². The number of rotatable bonds is 4. The van der Waals surface area contributed by atoms with Crippen LogP contribution < -0.4 is 4.74 Å². The predicted molar refractivity (Wildman–Crippen MR) is 75.5 cm³/mol. The molecule has 4 heteroatoms. The van der Waals surface area contributed by atoms with E-state index in [0.29, 0.717) is 6.61 Å². The van der Waals surface area contributed by atoms with Gasteiger partial charge in [0.1, 0.15) is 12.4 Å². The topological polar surface area (TPSA) is 29.5 Å². The molecule has 0 saturated heterocycles. The van der Waals surface area contributed by atoms with Gasteiger partial charge in [-0.05, 0) is 38.1 Å². The number of halogens is 1. The van der Waals surface area contributed by atoms with E-state index in [2.05, 4.69) is 0 Å². The Morgan fingerprint density at radius 2 is 2.11 bits per heavy atom. The van der Waals surface area contributed by atoms with Crippen molar-refractivity contribution in [3.05, 3.63) is 50.7 Å². The summed E-state index contributed by atoms with van der Waals surface area (Å²) < 4.78 is 6.50. The highest BCUT2D eigenvalue weighted by Crippen LogP contribution is 2.28. The minimum atomic E-state index is -0.535. The summed E-state index contributed by atoms with van der Waals surface area (Å²) in [7, 11) is 0. The molecule has 2 rings (SSSR count). The third kappa shape index (κ3) is 3.25. The Morgan fingerprint density at radius 3 is 2.72 bits per heavy atom. The van der Waals surface area contributed by atoms with Gasteiger partial charge in [-0.3, -0.25) is 0 Å². The summed E-state index contributed by atoms with van der Waals surface area (Å²) in [5, 5.41) is 9.73. The van der Waals surface area contributed by atoms with E-state index >= 15 is 0 Å². The summed E-state index contributed by atoms with van der Waals surface area (Å²) in [5.41, 5.74) is 1.93. The minimum absolute atomic E-state index is 0.472. The Kier molecular flexibility index (Phi) is 4.27. The lowest BCUT2D eigenvalue weighted by atomic mass is 10.1. The third-order valence-corrected chi connectivity index (χ3v) is 3.82. The molecule has 1 unspecified atom stereocenters. The van der Waals surface area contributed by atoms with Crippen molar-refractivity contribution in [1.82, 2.24) is 0 Å². The Morgan fingerprint density at radius 1 is 1.33 bits per heavy atom. The molecule has 0 amide bonds. The molecule has 0 bridgehead atoms. The first-order valence-corrected chi connectivity index (χ1v) is 6.91. The van der Waals surface area contributed by atoms with E-state index in [1.54, 1.807) is 6.92 Å². The van der Waals surface area contributed by atoms with Gasteiger partial charge in [-0.25, -0.2) is 0 Å². The molecule has 0 fully saturated rings. The van der Waals surface area contributed by atoms with Gasteiger partial charge in [0.2, 0.25) is 0 Å². The number of hydrogen-bond acceptors (Lipinski definition) is 3. The second-order valence-corrected chi connectivity index (χ2v) is 6.01. The largest absolute Gasteiger partial charge is 0.488 e. The molecule has 0 aliphatic heterocycles. The normalized spacial score (nSPS) is 12.4. The van der Waals surface area contributed by atoms with Crippen LogP contribution in [0.15, 0.2) is 30.3 Å². The van der Waals surface area contributed by atoms with Gasteiger partial charge >= 0.3 is 0 Å². The zero-order chi connectivity index (χ0) is 13.1. The number of thiophene rings is 1. The van der Waals surface area contributed by atoms with Crippen LogP contribution in [0.1, 0.15) is 29.0 Å². The molecule has 96 valence electrons. The highest BCUT2D eigenvalue weighted by Gasteiger charge is 2.10. The van der Waals surface area contributed by atoms with E-state index in [-0.39, 0.29) is 0 Å². The summed E-state index contributed by atoms with van der Waals surface area (Å²) >= 11 is 7.37. The van der Waals surface area contributed by atoms with Gasteiger partial charge in [0.05, 0.1) is 10.4 Å². The molecule has 0 aliphatic carbocycles. The molecule has 1 aromatic heterocycles. The highest BCUT2D eigenvalue weighted by atomic mass is 35.5. The summed E-state index contributed by atoms with van der Waals surface area (Å²) in [6.07, 6.45) is -0.535. The van der Waals surface area contributed by atoms with Gasteiger partial charge in [-0.1, -0.05) is 23.2 Å². The maximum atomic E-state index is 9.73. The van der Waals surface area contributed by atoms with E-state index < -0.39 is 6.10 Å². The molecule has 18 heavy (non-hydrogen) atoms. The number of aryl methyl sites for hydroxylation is 1. The second kappa shape index (κ2) is 5.74. The van der Waals surface area contributed by atoms with Crippen molar-refractivity contribution in [2.24, 2.45) is 0 Å². The molecule has 0 aliphatic rings. The van der Waals surface area contributed by atoms with Crippen LogP contribution in [0.2, 0.25) is 4.34 Å². The van der Waals surface area contributed by atoms with Crippen LogP contribution in [0.3, 0.4) is 0 Å². The predicted octanol–water partition coefficient (Wildman–Crippen LogP) is 4.34. The van der Waals surface area contributed by atoms with Gasteiger partial charge < -0.3 is 9.84 Å². The smallest absolute Gasteiger partial charge is 0.125 e. The van der Waals surface area contributed by atoms with E-state index in [4.69, 9.17) is 16.3 Å². The van der Waals surface area contributed by atoms with Gasteiger partial charge in [-0.2, -0.15) is 0 Å². The fourth-order valence-corrected chi connectivity index (χ4v) is 2.70. The number of aliphatic hydroxyl groups is 1. The first-order chi connectivity index (χ1) is 8.56. The maximum absolute atomic E-state index is 9.73. The fraction of sp³-hybridized carbons (Fsp3) is 0.286. The SMILES string of the molecule is Cc1ccc(OCc2ccc(Cl)s2)c(C(C)O)c1. The zero-order valence-corrected chi connectivity index (χ0v) is 11.9. The Balaban J connectivity index is 2.13. The van der Waals surface area contributed by atoms with Crippen molar-refractivity contribution in [2.75, 3.05) is 0 Å². The molecule has 0 spiro atoms. The van der Waals surface area contributed by atoms with Gasteiger partial charge in [0.25, 0.3) is 0 Å². The van der Waals surface area contributed by atoms with Gasteiger partial charge in [0.15, 0.2) is 0 Å². The molecule has 2 aromatic rings. The van der Waals surface area contributed by atoms with E-state index in [1.165, 1.54) is 11.3 Å². The average molecular weight is 283 g/mol. The van der Waals surface area contributed by atoms with E-state index in [9.17, 15) is 5.11 Å². The number of hydrogen-bond donors (Lipinski definition) is 1. The standard InChI is InChI=1S/C14H15ClO2S/c1-9-3-5-13(12(7-9)10(2)16)17-8-11-4-6-14(15)18-11/h3-7,10,16H,8H2,1-2H3. The van der Waals surface area contributed by atoms with Crippen molar-refractivity contribution < 1.29 is 9.84 Å². The lowest BCUT2D eigenvalue weighted by Gasteiger charge is -2.13. The molecular weight excluding hydrogens is 268 g/mol. The fourth-order valence-electron chi connectivity index (χ4n) is 1.70. The summed E-state index contributed by atoms with van der Waals surface area (Å²) in [5.74, 6) is 0.722. The molecule has 0 radical (unpaired) electrons. The van der Waals surface area contributed by atoms with Crippen molar-refractivity contribution in [3.63, 3.8) is 0 Å². The first kappa shape index (κ1) is 13.4. The third-order valence-electron chi connectivity index (χ3n) is 2.61. The Labute approximate surface area is 116 Å². The van der Waals surface area contributed by atoms with Crippen molar-refractivity contribution in [3.8, 4) is 5.75 Å². The minimum Gasteiger partial charge on any atom is -0.488 e. The molecule has 1 N–H and O–H groups in total. The Bertz CT molecular complexity index is 534. The average Bonchev–Trinajstić information content (AvgIpc) is 2.73. The van der Waals surface area contributed by atoms with Gasteiger partial charge in [-0.15, -0.1) is 11.3 Å². The Hall–Kier alpha value is -1.03. The molecule has 1 heterocycles. The second-order valence-electron chi connectivity index (χ2n) is 4.21. The summed E-state index contributed by atoms with van der Waals surface area (Å²) in [6, 6.07) is 9.62. The lowest BCUT2D eigenvalue weighted by Crippen LogP contribution is -2.00. The van der Waals surface area contributed by atoms with Crippen LogP contribution in [0.25, 0.3) is 0 Å². The summed E-state index contributed by atoms with van der Waals surface area (Å²) in [4.78, 5) is 1.07. The molecule has 0 saturated carbocycles. The molecule has 2 nitrogen and oxygen atoms in total. The number of aliphatic hydroxyl groups excluding tert-OH is 1. The molecule has 1 atom stereocenters. The number of benzene rings is 1. The zero-order valence-electron chi connectivity index (χ0n) is 10.3. The quantitative estimate of drug-likeness (QED) is 0.904. The van der Waals surface area contributed by atoms with Crippen molar-refractivity contribution in [2.45, 2.75) is 26.6 Å². The van der Waals surface area contributed by atoms with E-state index in [0.717, 1.165) is 26.1 Å². The summed E-state index contributed by atoms with van der Waals surface area (Å²) in [6.45, 7) is 4.21.